The quantitative estimate of drug-likeness (QED) is 0.254. The van der Waals surface area contributed by atoms with Crippen molar-refractivity contribution >= 4 is 8.25 Å². The van der Waals surface area contributed by atoms with E-state index in [0.717, 1.165) is 0 Å². The van der Waals surface area contributed by atoms with E-state index in [9.17, 15) is 9.46 Å². The largest absolute Gasteiger partial charge is 1.00 e. The van der Waals surface area contributed by atoms with E-state index >= 15 is 0 Å². The maximum atomic E-state index is 9.53. The summed E-state index contributed by atoms with van der Waals surface area (Å²) in [6.07, 6.45) is 1.37. The predicted octanol–water partition coefficient (Wildman–Crippen LogP) is -2.79. The van der Waals surface area contributed by atoms with E-state index in [0.29, 0.717) is 0 Å². The molecule has 0 aromatic rings. The van der Waals surface area contributed by atoms with E-state index in [1.54, 1.807) is 0 Å². The Balaban J connectivity index is 0. The topological polar surface area (TPSA) is 49.4 Å². The molecule has 0 amide bonds. The monoisotopic (exact) mass is 159 g/mol. The first-order chi connectivity index (χ1) is 3.27. The Hall–Kier alpha value is 1.40. The molecule has 40 valence electrons. The minimum atomic E-state index is -2.68. The second kappa shape index (κ2) is 8.40. The van der Waals surface area contributed by atoms with Gasteiger partial charge in [0.2, 0.25) is 0 Å². The molecule has 0 fully saturated rings. The zero-order chi connectivity index (χ0) is 5.70. The first-order valence-corrected chi connectivity index (χ1v) is 2.75. The van der Waals surface area contributed by atoms with Gasteiger partial charge in [0.1, 0.15) is 6.61 Å². The van der Waals surface area contributed by atoms with Crippen molar-refractivity contribution < 1.29 is 65.4 Å². The van der Waals surface area contributed by atoms with Gasteiger partial charge in [0, 0.05) is 0 Å². The van der Waals surface area contributed by atoms with Crippen LogP contribution >= 0.6 is 8.25 Å². The normalized spacial score (nSPS) is 9.38. The number of rotatable bonds is 3. The Morgan fingerprint density at radius 1 is 1.88 bits per heavy atom. The Kier molecular flexibility index (Phi) is 12.7. The van der Waals surface area contributed by atoms with Crippen molar-refractivity contribution in [2.45, 2.75) is 0 Å². The van der Waals surface area contributed by atoms with E-state index in [2.05, 4.69) is 11.1 Å². The molecule has 3 nitrogen and oxygen atoms in total. The van der Waals surface area contributed by atoms with E-state index in [1.807, 2.05) is 0 Å². The molecule has 5 heteroatoms. The minimum Gasteiger partial charge on any atom is -0.566 e. The molecule has 0 aromatic heterocycles. The van der Waals surface area contributed by atoms with Gasteiger partial charge in [-0.3, -0.25) is 0 Å². The van der Waals surface area contributed by atoms with Gasteiger partial charge in [-0.25, -0.2) is 0 Å². The summed E-state index contributed by atoms with van der Waals surface area (Å²) in [5.74, 6) is 0. The second-order valence-electron chi connectivity index (χ2n) is 0.808. The van der Waals surface area contributed by atoms with Gasteiger partial charge < -0.3 is 4.89 Å². The van der Waals surface area contributed by atoms with Crippen LogP contribution in [0.2, 0.25) is 0 Å². The van der Waals surface area contributed by atoms with Crippen molar-refractivity contribution in [3.05, 3.63) is 12.7 Å². The molecule has 0 aromatic carbocycles. The molecular weight excluding hydrogens is 154 g/mol. The molecule has 0 saturated carbocycles. The van der Waals surface area contributed by atoms with Crippen LogP contribution in [0, 0.1) is 0 Å². The molecule has 0 rings (SSSR count). The van der Waals surface area contributed by atoms with Gasteiger partial charge in [0.05, 0.1) is 0 Å². The summed E-state index contributed by atoms with van der Waals surface area (Å²) in [5.41, 5.74) is 0. The van der Waals surface area contributed by atoms with E-state index in [-0.39, 0.29) is 58.0 Å². The van der Waals surface area contributed by atoms with Crippen LogP contribution in [0.5, 0.6) is 0 Å². The molecule has 0 N–H and O–H groups in total. The fourth-order valence-corrected chi connectivity index (χ4v) is 0.341. The summed E-state index contributed by atoms with van der Waals surface area (Å²) in [7, 11) is -2.68. The molecule has 1 unspecified atom stereocenters. The number of hydrogen-bond acceptors (Lipinski definition) is 3. The second-order valence-corrected chi connectivity index (χ2v) is 1.51. The smallest absolute Gasteiger partial charge is 0.566 e. The molecule has 1 atom stereocenters. The fraction of sp³-hybridized carbons (Fsp3) is 0.333. The average Bonchev–Trinajstić information content (AvgIpc) is 1.61. The molecule has 0 aliphatic carbocycles. The summed E-state index contributed by atoms with van der Waals surface area (Å²) >= 11 is 0. The van der Waals surface area contributed by atoms with Crippen LogP contribution in [0.1, 0.15) is 0 Å². The third-order valence-corrected chi connectivity index (χ3v) is 0.658. The maximum absolute atomic E-state index is 9.53. The molecule has 0 bridgehead atoms. The molecule has 8 heavy (non-hydrogen) atoms. The molecule has 0 heterocycles. The minimum absolute atomic E-state index is 0. The van der Waals surface area contributed by atoms with E-state index in [1.165, 1.54) is 6.08 Å². The van der Waals surface area contributed by atoms with E-state index in [4.69, 9.17) is 0 Å². The Bertz CT molecular complexity index is 84.6. The van der Waals surface area contributed by atoms with Crippen molar-refractivity contribution in [3.63, 3.8) is 0 Å². The SMILES string of the molecule is C=CCO[P+](=O)[O-].[K+]. The maximum Gasteiger partial charge on any atom is 1.00 e. The van der Waals surface area contributed by atoms with Crippen molar-refractivity contribution in [3.8, 4) is 0 Å². The first-order valence-electron chi connectivity index (χ1n) is 1.65. The summed E-state index contributed by atoms with van der Waals surface area (Å²) in [5, 5.41) is 0. The predicted molar refractivity (Wildman–Crippen MR) is 23.8 cm³/mol. The van der Waals surface area contributed by atoms with Crippen molar-refractivity contribution in [1.29, 1.82) is 0 Å². The van der Waals surface area contributed by atoms with Crippen LogP contribution in [0.15, 0.2) is 12.7 Å². The molecular formula is C3H5KO3P+. The van der Waals surface area contributed by atoms with Crippen molar-refractivity contribution in [2.75, 3.05) is 6.61 Å². The third-order valence-electron chi connectivity index (χ3n) is 0.298. The van der Waals surface area contributed by atoms with Gasteiger partial charge >= 0.3 is 59.6 Å². The van der Waals surface area contributed by atoms with Crippen LogP contribution in [0.25, 0.3) is 0 Å². The molecule has 0 radical (unpaired) electrons. The van der Waals surface area contributed by atoms with Gasteiger partial charge in [0.25, 0.3) is 0 Å². The standard InChI is InChI=1S/C3H5O3P.K/c1-2-3-6-7(4)5;/h2H,1,3H2;/q;+1. The van der Waals surface area contributed by atoms with Crippen LogP contribution in [0.4, 0.5) is 0 Å². The third kappa shape index (κ3) is 10.4. The summed E-state index contributed by atoms with van der Waals surface area (Å²) < 4.78 is 13.6. The Morgan fingerprint density at radius 2 is 2.38 bits per heavy atom. The fourth-order valence-electron chi connectivity index (χ4n) is 0.114. The van der Waals surface area contributed by atoms with E-state index < -0.39 is 8.25 Å². The van der Waals surface area contributed by atoms with Crippen molar-refractivity contribution in [2.24, 2.45) is 0 Å². The van der Waals surface area contributed by atoms with Gasteiger partial charge in [-0.1, -0.05) is 6.08 Å². The van der Waals surface area contributed by atoms with Crippen LogP contribution < -0.4 is 56.3 Å². The summed E-state index contributed by atoms with van der Waals surface area (Å²) in [4.78, 5) is 9.53. The molecule has 0 spiro atoms. The van der Waals surface area contributed by atoms with Gasteiger partial charge in [-0.2, -0.15) is 0 Å². The zero-order valence-electron chi connectivity index (χ0n) is 4.66. The van der Waals surface area contributed by atoms with Crippen molar-refractivity contribution in [1.82, 2.24) is 0 Å². The number of hydrogen-bond donors (Lipinski definition) is 0. The van der Waals surface area contributed by atoms with Crippen LogP contribution in [0.3, 0.4) is 0 Å². The van der Waals surface area contributed by atoms with Gasteiger partial charge in [-0.15, -0.1) is 11.1 Å². The molecule has 0 aliphatic heterocycles. The Labute approximate surface area is 91.5 Å². The van der Waals surface area contributed by atoms with Crippen LogP contribution in [-0.4, -0.2) is 6.61 Å². The molecule has 0 saturated heterocycles. The van der Waals surface area contributed by atoms with Gasteiger partial charge in [0.15, 0.2) is 0 Å². The van der Waals surface area contributed by atoms with Crippen LogP contribution in [-0.2, 0) is 9.09 Å². The zero-order valence-corrected chi connectivity index (χ0v) is 8.68. The average molecular weight is 159 g/mol. The summed E-state index contributed by atoms with van der Waals surface area (Å²) in [6, 6.07) is 0. The Morgan fingerprint density at radius 3 is 2.50 bits per heavy atom. The first kappa shape index (κ1) is 12.1. The van der Waals surface area contributed by atoms with Gasteiger partial charge in [-0.05, 0) is 4.57 Å². The summed E-state index contributed by atoms with van der Waals surface area (Å²) in [6.45, 7) is 3.31. The molecule has 0 aliphatic rings.